The van der Waals surface area contributed by atoms with Crippen LogP contribution in [0.2, 0.25) is 0 Å². The second-order valence-electron chi connectivity index (χ2n) is 3.91. The van der Waals surface area contributed by atoms with Gasteiger partial charge in [0.2, 0.25) is 0 Å². The number of nitrogens with one attached hydrogen (secondary N) is 1. The second kappa shape index (κ2) is 3.48. The summed E-state index contributed by atoms with van der Waals surface area (Å²) in [5, 5.41) is 3.25. The fraction of sp³-hybridized carbons (Fsp3) is 0.364. The Morgan fingerprint density at radius 1 is 1.36 bits per heavy atom. The number of halogens is 1. The number of hydrogen-bond donors (Lipinski definition) is 1. The molecule has 1 N–H and O–H groups in total. The van der Waals surface area contributed by atoms with Gasteiger partial charge in [0.05, 0.1) is 6.54 Å². The van der Waals surface area contributed by atoms with Crippen molar-refractivity contribution in [3.05, 3.63) is 34.3 Å². The van der Waals surface area contributed by atoms with Crippen molar-refractivity contribution in [2.45, 2.75) is 18.9 Å². The Hall–Kier alpha value is -0.670. The van der Waals surface area contributed by atoms with Gasteiger partial charge in [-0.05, 0) is 24.6 Å². The van der Waals surface area contributed by atoms with Crippen LogP contribution in [0.5, 0.6) is 0 Å². The van der Waals surface area contributed by atoms with Crippen LogP contribution < -0.4 is 5.32 Å². The Bertz CT molecular complexity index is 360. The highest BCUT2D eigenvalue weighted by Gasteiger charge is 2.34. The largest absolute Gasteiger partial charge is 0.300 e. The summed E-state index contributed by atoms with van der Waals surface area (Å²) >= 11 is 3.40. The minimum Gasteiger partial charge on any atom is -0.300 e. The summed E-state index contributed by atoms with van der Waals surface area (Å²) in [6.07, 6.45) is 0.592. The zero-order chi connectivity index (χ0) is 10.2. The summed E-state index contributed by atoms with van der Waals surface area (Å²) < 4.78 is 1.06. The summed E-state index contributed by atoms with van der Waals surface area (Å²) in [5.74, 6) is 0.287. The molecule has 1 unspecified atom stereocenters. The van der Waals surface area contributed by atoms with Gasteiger partial charge in [-0.2, -0.15) is 0 Å². The van der Waals surface area contributed by atoms with E-state index in [1.54, 1.807) is 0 Å². The fourth-order valence-corrected chi connectivity index (χ4v) is 2.10. The molecule has 1 aromatic carbocycles. The van der Waals surface area contributed by atoms with Crippen molar-refractivity contribution in [1.82, 2.24) is 5.32 Å². The zero-order valence-electron chi connectivity index (χ0n) is 8.01. The van der Waals surface area contributed by atoms with Gasteiger partial charge < -0.3 is 5.32 Å². The smallest absolute Gasteiger partial charge is 0.148 e. The van der Waals surface area contributed by atoms with E-state index in [2.05, 4.69) is 40.3 Å². The van der Waals surface area contributed by atoms with Gasteiger partial charge >= 0.3 is 0 Å². The number of carbonyl (C=O) groups is 1. The van der Waals surface area contributed by atoms with E-state index in [4.69, 9.17) is 0 Å². The van der Waals surface area contributed by atoms with Crippen LogP contribution in [-0.4, -0.2) is 12.3 Å². The Balaban J connectivity index is 2.30. The molecule has 1 heterocycles. The molecular formula is C11H12BrNO. The molecule has 0 bridgehead atoms. The van der Waals surface area contributed by atoms with Crippen molar-refractivity contribution >= 4 is 21.7 Å². The molecule has 1 saturated heterocycles. The van der Waals surface area contributed by atoms with Crippen molar-refractivity contribution in [3.8, 4) is 0 Å². The lowest BCUT2D eigenvalue weighted by atomic mass is 9.90. The van der Waals surface area contributed by atoms with Gasteiger partial charge in [0.1, 0.15) is 5.78 Å². The molecule has 0 amide bonds. The second-order valence-corrected chi connectivity index (χ2v) is 4.82. The average Bonchev–Trinajstić information content (AvgIpc) is 2.48. The van der Waals surface area contributed by atoms with E-state index in [0.29, 0.717) is 13.0 Å². The number of ketones is 1. The third-order valence-corrected chi connectivity index (χ3v) is 3.24. The standard InChI is InChI=1S/C11H12BrNO/c1-11(6-10(14)7-13-11)8-2-4-9(12)5-3-8/h2-5,13H,6-7H2,1H3. The van der Waals surface area contributed by atoms with E-state index >= 15 is 0 Å². The molecule has 1 aliphatic heterocycles. The first-order valence-electron chi connectivity index (χ1n) is 4.63. The van der Waals surface area contributed by atoms with Crippen LogP contribution in [0.15, 0.2) is 28.7 Å². The molecule has 1 fully saturated rings. The molecule has 1 atom stereocenters. The van der Waals surface area contributed by atoms with E-state index in [9.17, 15) is 4.79 Å². The van der Waals surface area contributed by atoms with Gasteiger partial charge in [-0.15, -0.1) is 0 Å². The van der Waals surface area contributed by atoms with Crippen LogP contribution >= 0.6 is 15.9 Å². The summed E-state index contributed by atoms with van der Waals surface area (Å²) in [6.45, 7) is 2.56. The molecule has 1 aliphatic rings. The van der Waals surface area contributed by atoms with Crippen molar-refractivity contribution in [2.24, 2.45) is 0 Å². The van der Waals surface area contributed by atoms with Crippen LogP contribution in [-0.2, 0) is 10.3 Å². The molecule has 3 heteroatoms. The van der Waals surface area contributed by atoms with Crippen LogP contribution in [0.4, 0.5) is 0 Å². The van der Waals surface area contributed by atoms with Crippen molar-refractivity contribution in [2.75, 3.05) is 6.54 Å². The zero-order valence-corrected chi connectivity index (χ0v) is 9.60. The number of benzene rings is 1. The SMILES string of the molecule is CC1(c2ccc(Br)cc2)CC(=O)CN1. The lowest BCUT2D eigenvalue weighted by Crippen LogP contribution is -2.32. The summed E-state index contributed by atoms with van der Waals surface area (Å²) in [7, 11) is 0. The molecule has 0 aromatic heterocycles. The van der Waals surface area contributed by atoms with Gasteiger partial charge in [0, 0.05) is 16.4 Å². The minimum atomic E-state index is -0.169. The molecule has 74 valence electrons. The van der Waals surface area contributed by atoms with Crippen molar-refractivity contribution in [3.63, 3.8) is 0 Å². The first-order valence-corrected chi connectivity index (χ1v) is 5.42. The van der Waals surface area contributed by atoms with Gasteiger partial charge in [0.25, 0.3) is 0 Å². The minimum absolute atomic E-state index is 0.169. The summed E-state index contributed by atoms with van der Waals surface area (Å²) in [5.41, 5.74) is 1.00. The average molecular weight is 254 g/mol. The Kier molecular flexibility index (Phi) is 2.45. The highest BCUT2D eigenvalue weighted by molar-refractivity contribution is 9.10. The van der Waals surface area contributed by atoms with Gasteiger partial charge in [-0.25, -0.2) is 0 Å². The van der Waals surface area contributed by atoms with E-state index in [0.717, 1.165) is 4.47 Å². The number of carbonyl (C=O) groups excluding carboxylic acids is 1. The molecule has 0 aliphatic carbocycles. The van der Waals surface area contributed by atoms with E-state index in [1.165, 1.54) is 5.56 Å². The molecule has 0 spiro atoms. The van der Waals surface area contributed by atoms with Crippen LogP contribution in [0.25, 0.3) is 0 Å². The maximum Gasteiger partial charge on any atom is 0.148 e. The first kappa shape index (κ1) is 9.87. The van der Waals surface area contributed by atoms with Gasteiger partial charge in [-0.1, -0.05) is 28.1 Å². The number of hydrogen-bond acceptors (Lipinski definition) is 2. The predicted octanol–water partition coefficient (Wildman–Crippen LogP) is 2.23. The van der Waals surface area contributed by atoms with E-state index < -0.39 is 0 Å². The van der Waals surface area contributed by atoms with Crippen LogP contribution in [0.1, 0.15) is 18.9 Å². The van der Waals surface area contributed by atoms with Gasteiger partial charge in [-0.3, -0.25) is 4.79 Å². The maximum atomic E-state index is 11.2. The van der Waals surface area contributed by atoms with Crippen LogP contribution in [0.3, 0.4) is 0 Å². The molecule has 2 nitrogen and oxygen atoms in total. The molecule has 14 heavy (non-hydrogen) atoms. The Morgan fingerprint density at radius 2 is 2.00 bits per heavy atom. The molecule has 1 aromatic rings. The quantitative estimate of drug-likeness (QED) is 0.832. The lowest BCUT2D eigenvalue weighted by Gasteiger charge is -2.23. The van der Waals surface area contributed by atoms with Gasteiger partial charge in [0.15, 0.2) is 0 Å². The molecule has 0 saturated carbocycles. The Morgan fingerprint density at radius 3 is 2.50 bits per heavy atom. The highest BCUT2D eigenvalue weighted by Crippen LogP contribution is 2.29. The normalized spacial score (nSPS) is 26.9. The van der Waals surface area contributed by atoms with Crippen LogP contribution in [0, 0.1) is 0 Å². The number of Topliss-reactive ketones (excluding diaryl/α,β-unsaturated/α-hetero) is 1. The summed E-state index contributed by atoms with van der Waals surface area (Å²) in [4.78, 5) is 11.2. The topological polar surface area (TPSA) is 29.1 Å². The molecule has 0 radical (unpaired) electrons. The third kappa shape index (κ3) is 1.74. The molecular weight excluding hydrogens is 242 g/mol. The fourth-order valence-electron chi connectivity index (χ4n) is 1.83. The summed E-state index contributed by atoms with van der Waals surface area (Å²) in [6, 6.07) is 8.11. The first-order chi connectivity index (χ1) is 6.60. The highest BCUT2D eigenvalue weighted by atomic mass is 79.9. The monoisotopic (exact) mass is 253 g/mol. The van der Waals surface area contributed by atoms with E-state index in [1.807, 2.05) is 12.1 Å². The molecule has 2 rings (SSSR count). The maximum absolute atomic E-state index is 11.2. The van der Waals surface area contributed by atoms with E-state index in [-0.39, 0.29) is 11.3 Å². The number of rotatable bonds is 1. The van der Waals surface area contributed by atoms with Crippen molar-refractivity contribution in [1.29, 1.82) is 0 Å². The predicted molar refractivity (Wildman–Crippen MR) is 59.1 cm³/mol. The Labute approximate surface area is 91.8 Å². The van der Waals surface area contributed by atoms with Crippen molar-refractivity contribution < 1.29 is 4.79 Å². The third-order valence-electron chi connectivity index (χ3n) is 2.71. The lowest BCUT2D eigenvalue weighted by molar-refractivity contribution is -0.116.